The number of hydrogen-bond donors (Lipinski definition) is 1. The van der Waals surface area contributed by atoms with Crippen LogP contribution in [0.1, 0.15) is 5.56 Å². The van der Waals surface area contributed by atoms with Gasteiger partial charge in [-0.15, -0.1) is 0 Å². The lowest BCUT2D eigenvalue weighted by atomic mass is 10.2. The zero-order chi connectivity index (χ0) is 15.2. The smallest absolute Gasteiger partial charge is 0.347 e. The predicted molar refractivity (Wildman–Crippen MR) is 75.6 cm³/mol. The van der Waals surface area contributed by atoms with Gasteiger partial charge in [0.1, 0.15) is 0 Å². The van der Waals surface area contributed by atoms with E-state index in [1.54, 1.807) is 0 Å². The Morgan fingerprint density at radius 2 is 1.95 bits per heavy atom. The molecule has 0 bridgehead atoms. The molecule has 0 fully saturated rings. The summed E-state index contributed by atoms with van der Waals surface area (Å²) in [6.07, 6.45) is 1.49. The molecule has 21 heavy (non-hydrogen) atoms. The Labute approximate surface area is 122 Å². The Hall–Kier alpha value is -3.00. The molecule has 1 heterocycles. The number of nitrogens with one attached hydrogen (secondary N) is 1. The first-order chi connectivity index (χ1) is 10.2. The molecule has 0 unspecified atom stereocenters. The minimum Gasteiger partial charge on any atom is -0.493 e. The van der Waals surface area contributed by atoms with Crippen molar-refractivity contribution < 1.29 is 19.1 Å². The van der Waals surface area contributed by atoms with Gasteiger partial charge >= 0.3 is 5.97 Å². The van der Waals surface area contributed by atoms with E-state index < -0.39 is 11.9 Å². The third-order valence-corrected chi connectivity index (χ3v) is 2.75. The van der Waals surface area contributed by atoms with Crippen molar-refractivity contribution in [3.05, 3.63) is 59.0 Å². The van der Waals surface area contributed by atoms with Gasteiger partial charge in [0, 0.05) is 11.6 Å². The molecule has 0 saturated carbocycles. The van der Waals surface area contributed by atoms with Gasteiger partial charge in [-0.3, -0.25) is 4.79 Å². The molecule has 1 aromatic rings. The zero-order valence-corrected chi connectivity index (χ0v) is 11.6. The van der Waals surface area contributed by atoms with E-state index in [1.165, 1.54) is 20.3 Å². The molecule has 106 valence electrons. The molecule has 0 radical (unpaired) electrons. The first kappa shape index (κ1) is 14.4. The molecule has 1 aromatic carbocycles. The molecule has 1 amide bonds. The summed E-state index contributed by atoms with van der Waals surface area (Å²) in [5, 5.41) is 2.53. The van der Waals surface area contributed by atoms with E-state index in [0.717, 1.165) is 5.56 Å². The number of benzene rings is 1. The summed E-state index contributed by atoms with van der Waals surface area (Å²) in [4.78, 5) is 23.3. The van der Waals surface area contributed by atoms with Crippen molar-refractivity contribution in [1.82, 2.24) is 5.32 Å². The van der Waals surface area contributed by atoms with Crippen LogP contribution in [0.15, 0.2) is 53.4 Å². The number of hydrogen-bond acceptors (Lipinski definition) is 4. The van der Waals surface area contributed by atoms with Crippen molar-refractivity contribution in [2.24, 2.45) is 0 Å². The molecular weight excluding hydrogens is 270 g/mol. The van der Waals surface area contributed by atoms with Crippen LogP contribution in [-0.4, -0.2) is 26.1 Å². The second kappa shape index (κ2) is 6.44. The fraction of sp³-hybridized carbons (Fsp3) is 0.125. The van der Waals surface area contributed by atoms with E-state index >= 15 is 0 Å². The molecule has 1 aliphatic heterocycles. The van der Waals surface area contributed by atoms with Gasteiger partial charge in [-0.2, -0.15) is 0 Å². The Kier molecular flexibility index (Phi) is 4.42. The van der Waals surface area contributed by atoms with Crippen molar-refractivity contribution >= 4 is 11.9 Å². The molecule has 1 aliphatic rings. The average Bonchev–Trinajstić information content (AvgIpc) is 2.83. The molecule has 2 rings (SSSR count). The Morgan fingerprint density at radius 3 is 2.57 bits per heavy atom. The van der Waals surface area contributed by atoms with E-state index in [2.05, 4.69) is 21.9 Å². The van der Waals surface area contributed by atoms with Crippen LogP contribution in [0.4, 0.5) is 0 Å². The second-order valence-electron chi connectivity index (χ2n) is 4.05. The highest BCUT2D eigenvalue weighted by atomic mass is 16.5. The maximum Gasteiger partial charge on any atom is 0.347 e. The van der Waals surface area contributed by atoms with Crippen LogP contribution in [0.3, 0.4) is 0 Å². The molecule has 1 N–H and O–H groups in total. The summed E-state index contributed by atoms with van der Waals surface area (Å²) in [5.41, 5.74) is 1.02. The van der Waals surface area contributed by atoms with Gasteiger partial charge < -0.3 is 14.8 Å². The normalized spacial score (nSPS) is 15.3. The third-order valence-electron chi connectivity index (χ3n) is 2.75. The van der Waals surface area contributed by atoms with E-state index in [-0.39, 0.29) is 11.3 Å². The lowest BCUT2D eigenvalue weighted by Crippen LogP contribution is -2.20. The van der Waals surface area contributed by atoms with Crippen LogP contribution in [0.5, 0.6) is 0 Å². The summed E-state index contributed by atoms with van der Waals surface area (Å²) in [6, 6.07) is 9.39. The number of carbonyl (C=O) groups is 2. The Balaban J connectivity index is 2.31. The van der Waals surface area contributed by atoms with Gasteiger partial charge in [-0.05, 0) is 12.1 Å². The van der Waals surface area contributed by atoms with E-state index in [0.29, 0.717) is 5.70 Å². The highest BCUT2D eigenvalue weighted by Gasteiger charge is 2.34. The molecule has 0 saturated heterocycles. The van der Waals surface area contributed by atoms with Crippen LogP contribution < -0.4 is 5.32 Å². The molecule has 0 atom stereocenters. The van der Waals surface area contributed by atoms with Gasteiger partial charge in [-0.1, -0.05) is 30.0 Å². The van der Waals surface area contributed by atoms with Crippen LogP contribution in [0.25, 0.3) is 0 Å². The first-order valence-corrected chi connectivity index (χ1v) is 6.12. The molecule has 5 heteroatoms. The number of methoxy groups -OCH3 is 2. The Bertz CT molecular complexity index is 690. The van der Waals surface area contributed by atoms with Gasteiger partial charge in [0.15, 0.2) is 11.3 Å². The SMILES string of the molecule is COC(=O)C1=C(OC)/C(=C\C#Cc2ccccc2)NC1=O. The van der Waals surface area contributed by atoms with Crippen molar-refractivity contribution in [3.8, 4) is 11.8 Å². The van der Waals surface area contributed by atoms with Crippen LogP contribution in [0, 0.1) is 11.8 Å². The highest BCUT2D eigenvalue weighted by Crippen LogP contribution is 2.21. The fourth-order valence-corrected chi connectivity index (χ4v) is 1.79. The van der Waals surface area contributed by atoms with Crippen LogP contribution in [0.2, 0.25) is 0 Å². The van der Waals surface area contributed by atoms with E-state index in [4.69, 9.17) is 4.74 Å². The fourth-order valence-electron chi connectivity index (χ4n) is 1.79. The first-order valence-electron chi connectivity index (χ1n) is 6.12. The summed E-state index contributed by atoms with van der Waals surface area (Å²) in [7, 11) is 2.57. The number of rotatable bonds is 2. The van der Waals surface area contributed by atoms with Gasteiger partial charge in [0.25, 0.3) is 5.91 Å². The van der Waals surface area contributed by atoms with Crippen molar-refractivity contribution in [1.29, 1.82) is 0 Å². The quantitative estimate of drug-likeness (QED) is 0.502. The summed E-state index contributed by atoms with van der Waals surface area (Å²) in [5.74, 6) is 4.55. The van der Waals surface area contributed by atoms with E-state index in [9.17, 15) is 9.59 Å². The third kappa shape index (κ3) is 3.12. The topological polar surface area (TPSA) is 64.6 Å². The monoisotopic (exact) mass is 283 g/mol. The molecule has 5 nitrogen and oxygen atoms in total. The van der Waals surface area contributed by atoms with Crippen molar-refractivity contribution in [2.75, 3.05) is 14.2 Å². The minimum atomic E-state index is -0.747. The standard InChI is InChI=1S/C16H13NO4/c1-20-14-12(17-15(18)13(14)16(19)21-2)10-6-9-11-7-4-3-5-8-11/h3-5,7-8,10H,1-2H3,(H,17,18)/b12-10+. The molecule has 0 spiro atoms. The van der Waals surface area contributed by atoms with Crippen molar-refractivity contribution in [2.45, 2.75) is 0 Å². The van der Waals surface area contributed by atoms with Gasteiger partial charge in [0.2, 0.25) is 0 Å². The Morgan fingerprint density at radius 1 is 1.24 bits per heavy atom. The number of carbonyl (C=O) groups excluding carboxylic acids is 2. The maximum atomic E-state index is 11.7. The highest BCUT2D eigenvalue weighted by molar-refractivity contribution is 6.20. The lowest BCUT2D eigenvalue weighted by molar-refractivity contribution is -0.137. The zero-order valence-electron chi connectivity index (χ0n) is 11.6. The van der Waals surface area contributed by atoms with Gasteiger partial charge in [0.05, 0.1) is 19.9 Å². The number of ether oxygens (including phenoxy) is 2. The summed E-state index contributed by atoms with van der Waals surface area (Å²) < 4.78 is 9.65. The number of esters is 1. The predicted octanol–water partition coefficient (Wildman–Crippen LogP) is 1.13. The van der Waals surface area contributed by atoms with Crippen LogP contribution in [-0.2, 0) is 19.1 Å². The second-order valence-corrected chi connectivity index (χ2v) is 4.05. The van der Waals surface area contributed by atoms with Crippen molar-refractivity contribution in [3.63, 3.8) is 0 Å². The minimum absolute atomic E-state index is 0.134. The number of allylic oxidation sites excluding steroid dienone is 1. The lowest BCUT2D eigenvalue weighted by Gasteiger charge is -2.02. The summed E-state index contributed by atoms with van der Waals surface area (Å²) >= 11 is 0. The largest absolute Gasteiger partial charge is 0.493 e. The van der Waals surface area contributed by atoms with Crippen LogP contribution >= 0.6 is 0 Å². The molecule has 0 aromatic heterocycles. The summed E-state index contributed by atoms with van der Waals surface area (Å²) in [6.45, 7) is 0. The van der Waals surface area contributed by atoms with Gasteiger partial charge in [-0.25, -0.2) is 4.79 Å². The average molecular weight is 283 g/mol. The number of amides is 1. The molecule has 0 aliphatic carbocycles. The molecular formula is C16H13NO4. The maximum absolute atomic E-state index is 11.7. The van der Waals surface area contributed by atoms with E-state index in [1.807, 2.05) is 30.3 Å².